The van der Waals surface area contributed by atoms with Gasteiger partial charge in [-0.3, -0.25) is 4.79 Å². The van der Waals surface area contributed by atoms with Crippen molar-refractivity contribution in [2.24, 2.45) is 5.73 Å². The minimum Gasteiger partial charge on any atom is -0.322 e. The van der Waals surface area contributed by atoms with Crippen molar-refractivity contribution in [3.63, 3.8) is 0 Å². The smallest absolute Gasteiger partial charge is 0.255 e. The van der Waals surface area contributed by atoms with E-state index in [4.69, 9.17) is 5.73 Å². The number of carbonyl (C=O) groups is 1. The highest BCUT2D eigenvalue weighted by Crippen LogP contribution is 2.19. The maximum Gasteiger partial charge on any atom is 0.255 e. The summed E-state index contributed by atoms with van der Waals surface area (Å²) in [5.74, 6) is 5.57. The summed E-state index contributed by atoms with van der Waals surface area (Å²) in [7, 11) is 0. The molecule has 0 unspecified atom stereocenters. The molecule has 0 fully saturated rings. The van der Waals surface area contributed by atoms with E-state index in [1.165, 1.54) is 0 Å². The molecule has 0 aliphatic rings. The van der Waals surface area contributed by atoms with E-state index < -0.39 is 0 Å². The number of nitrogens with one attached hydrogen (secondary N) is 1. The molecule has 0 heterocycles. The normalized spacial score (nSPS) is 9.62. The molecule has 0 bridgehead atoms. The quantitative estimate of drug-likeness (QED) is 0.676. The van der Waals surface area contributed by atoms with Gasteiger partial charge in [-0.25, -0.2) is 0 Å². The average molecular weight is 296 g/mol. The van der Waals surface area contributed by atoms with Crippen LogP contribution in [0.3, 0.4) is 0 Å². The molecule has 2 aromatic carbocycles. The van der Waals surface area contributed by atoms with E-state index in [2.05, 4.69) is 17.2 Å². The van der Waals surface area contributed by atoms with Crippen LogP contribution in [0.1, 0.15) is 15.9 Å². The zero-order valence-electron chi connectivity index (χ0n) is 11.7. The summed E-state index contributed by atoms with van der Waals surface area (Å²) >= 11 is 1.64. The van der Waals surface area contributed by atoms with Gasteiger partial charge in [0.15, 0.2) is 0 Å². The minimum absolute atomic E-state index is 0.133. The summed E-state index contributed by atoms with van der Waals surface area (Å²) in [6, 6.07) is 14.9. The van der Waals surface area contributed by atoms with Gasteiger partial charge in [-0.05, 0) is 48.7 Å². The van der Waals surface area contributed by atoms with Crippen LogP contribution in [0.5, 0.6) is 0 Å². The van der Waals surface area contributed by atoms with Crippen molar-refractivity contribution in [1.29, 1.82) is 0 Å². The molecule has 2 rings (SSSR count). The fraction of sp³-hybridized carbons (Fsp3) is 0.118. The number of thioether (sulfide) groups is 1. The Morgan fingerprint density at radius 1 is 1.24 bits per heavy atom. The number of hydrogen-bond acceptors (Lipinski definition) is 3. The van der Waals surface area contributed by atoms with E-state index in [-0.39, 0.29) is 5.91 Å². The Labute approximate surface area is 128 Å². The highest BCUT2D eigenvalue weighted by atomic mass is 32.2. The van der Waals surface area contributed by atoms with Crippen LogP contribution in [0.15, 0.2) is 53.4 Å². The maximum absolute atomic E-state index is 12.2. The molecule has 0 radical (unpaired) electrons. The van der Waals surface area contributed by atoms with Gasteiger partial charge in [-0.2, -0.15) is 0 Å². The molecule has 2 aromatic rings. The number of nitrogens with two attached hydrogens (primary N) is 1. The average Bonchev–Trinajstić information content (AvgIpc) is 2.53. The van der Waals surface area contributed by atoms with Gasteiger partial charge in [-0.15, -0.1) is 11.8 Å². The molecule has 3 N–H and O–H groups in total. The second-order valence-electron chi connectivity index (χ2n) is 4.27. The van der Waals surface area contributed by atoms with Gasteiger partial charge in [0.2, 0.25) is 0 Å². The Morgan fingerprint density at radius 3 is 2.67 bits per heavy atom. The van der Waals surface area contributed by atoms with Crippen molar-refractivity contribution in [1.82, 2.24) is 0 Å². The number of carbonyl (C=O) groups excluding carboxylic acids is 1. The molecule has 0 saturated heterocycles. The van der Waals surface area contributed by atoms with Crippen molar-refractivity contribution < 1.29 is 4.79 Å². The van der Waals surface area contributed by atoms with Crippen LogP contribution in [-0.2, 0) is 0 Å². The monoisotopic (exact) mass is 296 g/mol. The molecule has 106 valence electrons. The molecular formula is C17H16N2OS. The van der Waals surface area contributed by atoms with E-state index in [1.54, 1.807) is 23.9 Å². The SMILES string of the molecule is CSc1cccc(NC(=O)c2ccc(C#CCN)cc2)c1. The lowest BCUT2D eigenvalue weighted by atomic mass is 10.1. The first-order chi connectivity index (χ1) is 10.2. The highest BCUT2D eigenvalue weighted by molar-refractivity contribution is 7.98. The molecule has 0 aliphatic heterocycles. The zero-order chi connectivity index (χ0) is 15.1. The first-order valence-corrected chi connectivity index (χ1v) is 7.70. The number of benzene rings is 2. The number of anilines is 1. The van der Waals surface area contributed by atoms with Crippen LogP contribution in [-0.4, -0.2) is 18.7 Å². The Hall–Kier alpha value is -2.22. The third-order valence-corrected chi connectivity index (χ3v) is 3.53. The zero-order valence-corrected chi connectivity index (χ0v) is 12.5. The fourth-order valence-corrected chi connectivity index (χ4v) is 2.22. The maximum atomic E-state index is 12.2. The molecule has 4 heteroatoms. The summed E-state index contributed by atoms with van der Waals surface area (Å²) in [5, 5.41) is 2.89. The Bertz CT molecular complexity index is 684. The number of hydrogen-bond donors (Lipinski definition) is 2. The van der Waals surface area contributed by atoms with E-state index in [1.807, 2.05) is 42.7 Å². The molecule has 0 aromatic heterocycles. The second-order valence-corrected chi connectivity index (χ2v) is 5.15. The van der Waals surface area contributed by atoms with Crippen molar-refractivity contribution in [2.75, 3.05) is 18.1 Å². The summed E-state index contributed by atoms with van der Waals surface area (Å²) in [6.07, 6.45) is 2.00. The summed E-state index contributed by atoms with van der Waals surface area (Å²) in [6.45, 7) is 0.327. The molecule has 0 spiro atoms. The largest absolute Gasteiger partial charge is 0.322 e. The van der Waals surface area contributed by atoms with Crippen LogP contribution in [0.25, 0.3) is 0 Å². The van der Waals surface area contributed by atoms with Gasteiger partial charge < -0.3 is 11.1 Å². The minimum atomic E-state index is -0.133. The van der Waals surface area contributed by atoms with Crippen LogP contribution >= 0.6 is 11.8 Å². The van der Waals surface area contributed by atoms with Gasteiger partial charge in [0.1, 0.15) is 0 Å². The fourth-order valence-electron chi connectivity index (χ4n) is 1.76. The van der Waals surface area contributed by atoms with E-state index in [0.29, 0.717) is 12.1 Å². The van der Waals surface area contributed by atoms with E-state index >= 15 is 0 Å². The molecule has 1 amide bonds. The second kappa shape index (κ2) is 7.53. The Balaban J connectivity index is 2.09. The first-order valence-electron chi connectivity index (χ1n) is 6.47. The molecule has 0 saturated carbocycles. The van der Waals surface area contributed by atoms with E-state index in [0.717, 1.165) is 16.1 Å². The van der Waals surface area contributed by atoms with Crippen LogP contribution in [0.2, 0.25) is 0 Å². The van der Waals surface area contributed by atoms with Gasteiger partial charge >= 0.3 is 0 Å². The summed E-state index contributed by atoms with van der Waals surface area (Å²) in [4.78, 5) is 13.3. The van der Waals surface area contributed by atoms with Crippen LogP contribution < -0.4 is 11.1 Å². The van der Waals surface area contributed by atoms with Crippen LogP contribution in [0.4, 0.5) is 5.69 Å². The lowest BCUT2D eigenvalue weighted by molar-refractivity contribution is 0.102. The summed E-state index contributed by atoms with van der Waals surface area (Å²) in [5.41, 5.74) is 7.56. The highest BCUT2D eigenvalue weighted by Gasteiger charge is 2.06. The predicted octanol–water partition coefficient (Wildman–Crippen LogP) is 2.97. The number of rotatable bonds is 3. The van der Waals surface area contributed by atoms with Gasteiger partial charge in [-0.1, -0.05) is 17.9 Å². The van der Waals surface area contributed by atoms with Crippen molar-refractivity contribution in [3.05, 3.63) is 59.7 Å². The number of amides is 1. The van der Waals surface area contributed by atoms with Crippen LogP contribution in [0, 0.1) is 11.8 Å². The third kappa shape index (κ3) is 4.38. The topological polar surface area (TPSA) is 55.1 Å². The molecule has 0 atom stereocenters. The standard InChI is InChI=1S/C17H16N2OS/c1-21-16-6-2-5-15(12-16)19-17(20)14-9-7-13(8-10-14)4-3-11-18/h2,5-10,12H,11,18H2,1H3,(H,19,20). The lowest BCUT2D eigenvalue weighted by Crippen LogP contribution is -2.11. The molecular weight excluding hydrogens is 280 g/mol. The van der Waals surface area contributed by atoms with Gasteiger partial charge in [0.25, 0.3) is 5.91 Å². The summed E-state index contributed by atoms with van der Waals surface area (Å²) < 4.78 is 0. The third-order valence-electron chi connectivity index (χ3n) is 2.81. The van der Waals surface area contributed by atoms with Gasteiger partial charge in [0.05, 0.1) is 6.54 Å². The van der Waals surface area contributed by atoms with Crippen molar-refractivity contribution in [3.8, 4) is 11.8 Å². The Kier molecular flexibility index (Phi) is 5.44. The molecule has 3 nitrogen and oxygen atoms in total. The predicted molar refractivity (Wildman–Crippen MR) is 88.6 cm³/mol. The Morgan fingerprint density at radius 2 is 2.00 bits per heavy atom. The van der Waals surface area contributed by atoms with Crippen molar-refractivity contribution >= 4 is 23.4 Å². The van der Waals surface area contributed by atoms with Crippen molar-refractivity contribution in [2.45, 2.75) is 4.90 Å². The molecule has 0 aliphatic carbocycles. The molecule has 21 heavy (non-hydrogen) atoms. The van der Waals surface area contributed by atoms with E-state index in [9.17, 15) is 4.79 Å². The van der Waals surface area contributed by atoms with Gasteiger partial charge in [0, 0.05) is 21.7 Å². The lowest BCUT2D eigenvalue weighted by Gasteiger charge is -2.06. The first kappa shape index (κ1) is 15.2.